The van der Waals surface area contributed by atoms with E-state index < -0.39 is 5.97 Å². The molecule has 0 unspecified atom stereocenters. The zero-order valence-corrected chi connectivity index (χ0v) is 22.9. The van der Waals surface area contributed by atoms with Crippen LogP contribution in [-0.2, 0) is 17.7 Å². The van der Waals surface area contributed by atoms with Gasteiger partial charge < -0.3 is 4.74 Å². The van der Waals surface area contributed by atoms with Gasteiger partial charge in [0.2, 0.25) is 5.82 Å². The van der Waals surface area contributed by atoms with Gasteiger partial charge in [0, 0.05) is 35.3 Å². The number of pyridine rings is 1. The number of aromatic amines is 1. The van der Waals surface area contributed by atoms with Crippen LogP contribution in [0.2, 0.25) is 0 Å². The summed E-state index contributed by atoms with van der Waals surface area (Å²) in [6, 6.07) is 11.6. The molecule has 4 aromatic heterocycles. The Morgan fingerprint density at radius 3 is 2.55 bits per heavy atom. The van der Waals surface area contributed by atoms with Crippen LogP contribution < -0.4 is 5.69 Å². The lowest BCUT2D eigenvalue weighted by Gasteiger charge is -2.12. The number of hydrogen-bond donors (Lipinski definition) is 1. The zero-order valence-electron chi connectivity index (χ0n) is 22.9. The number of carbonyl (C=O) groups is 1. The van der Waals surface area contributed by atoms with Gasteiger partial charge in [-0.25, -0.2) is 14.3 Å². The number of unbranched alkanes of at least 4 members (excludes halogenated alkanes) is 1. The van der Waals surface area contributed by atoms with Crippen LogP contribution in [0.25, 0.3) is 28.3 Å². The molecule has 0 aliphatic carbocycles. The molecule has 0 saturated heterocycles. The molecule has 12 nitrogen and oxygen atoms in total. The predicted octanol–water partition coefficient (Wildman–Crippen LogP) is 3.84. The summed E-state index contributed by atoms with van der Waals surface area (Å²) in [5, 5.41) is 18.8. The Balaban J connectivity index is 1.52. The van der Waals surface area contributed by atoms with E-state index in [2.05, 4.69) is 37.6 Å². The lowest BCUT2D eigenvalue weighted by atomic mass is 10.0. The number of H-pyrrole nitrogens is 1. The molecule has 0 amide bonds. The largest absolute Gasteiger partial charge is 0.465 e. The highest BCUT2D eigenvalue weighted by molar-refractivity contribution is 5.92. The van der Waals surface area contributed by atoms with Crippen LogP contribution in [0.15, 0.2) is 59.8 Å². The van der Waals surface area contributed by atoms with Crippen molar-refractivity contribution < 1.29 is 9.53 Å². The fourth-order valence-corrected chi connectivity index (χ4v) is 4.68. The molecular weight excluding hydrogens is 510 g/mol. The number of tetrazole rings is 1. The van der Waals surface area contributed by atoms with Crippen molar-refractivity contribution in [1.29, 1.82) is 0 Å². The number of nitrogens with zero attached hydrogens (tertiary/aromatic N) is 8. The molecule has 5 aromatic rings. The van der Waals surface area contributed by atoms with Gasteiger partial charge in [0.15, 0.2) is 5.82 Å². The van der Waals surface area contributed by atoms with E-state index in [4.69, 9.17) is 4.74 Å². The summed E-state index contributed by atoms with van der Waals surface area (Å²) in [5.74, 6) is 0.347. The molecule has 0 radical (unpaired) electrons. The summed E-state index contributed by atoms with van der Waals surface area (Å²) in [5.41, 5.74) is 4.20. The maximum absolute atomic E-state index is 13.8. The summed E-state index contributed by atoms with van der Waals surface area (Å²) in [4.78, 5) is 31.1. The number of hydrogen-bond acceptors (Lipinski definition) is 8. The standard InChI is InChI=1S/C28H31N9O3/c1-5-6-9-21-17-36(26-24(27(38)40-4)15-30-37(26)18(2)3)28(39)35(21)16-20-13-12-19(14-29-20)22-10-7-8-11-23(22)25-31-33-34-32-25/h7-8,10-15,17-18H,5-6,9,16H2,1-4H3,(H,31,32,33,34). The van der Waals surface area contributed by atoms with Crippen LogP contribution >= 0.6 is 0 Å². The minimum Gasteiger partial charge on any atom is -0.465 e. The van der Waals surface area contributed by atoms with E-state index in [1.807, 2.05) is 50.2 Å². The van der Waals surface area contributed by atoms with Crippen molar-refractivity contribution in [2.75, 3.05) is 7.11 Å². The average Bonchev–Trinajstić information content (AvgIpc) is 3.72. The Hall–Kier alpha value is -4.87. The normalized spacial score (nSPS) is 11.3. The molecule has 12 heteroatoms. The van der Waals surface area contributed by atoms with E-state index in [-0.39, 0.29) is 23.8 Å². The molecule has 5 rings (SSSR count). The van der Waals surface area contributed by atoms with Gasteiger partial charge in [0.1, 0.15) is 5.56 Å². The molecule has 0 atom stereocenters. The van der Waals surface area contributed by atoms with E-state index >= 15 is 0 Å². The fraction of sp³-hybridized carbons (Fsp3) is 0.321. The van der Waals surface area contributed by atoms with Gasteiger partial charge in [0.25, 0.3) is 0 Å². The Bertz CT molecular complexity index is 1660. The van der Waals surface area contributed by atoms with Crippen molar-refractivity contribution in [2.45, 2.75) is 52.6 Å². The first-order chi connectivity index (χ1) is 19.4. The van der Waals surface area contributed by atoms with Crippen LogP contribution in [0.4, 0.5) is 0 Å². The highest BCUT2D eigenvalue weighted by atomic mass is 16.5. The highest BCUT2D eigenvalue weighted by Gasteiger charge is 2.25. The molecule has 1 N–H and O–H groups in total. The minimum atomic E-state index is -0.546. The first-order valence-electron chi connectivity index (χ1n) is 13.2. The third kappa shape index (κ3) is 5.07. The fourth-order valence-electron chi connectivity index (χ4n) is 4.68. The highest BCUT2D eigenvalue weighted by Crippen LogP contribution is 2.29. The van der Waals surface area contributed by atoms with Crippen LogP contribution in [0.1, 0.15) is 61.4 Å². The second-order valence-corrected chi connectivity index (χ2v) is 9.69. The summed E-state index contributed by atoms with van der Waals surface area (Å²) < 4.78 is 9.85. The van der Waals surface area contributed by atoms with Crippen LogP contribution in [-0.4, -0.2) is 57.6 Å². The van der Waals surface area contributed by atoms with E-state index in [9.17, 15) is 9.59 Å². The first kappa shape index (κ1) is 26.7. The van der Waals surface area contributed by atoms with Gasteiger partial charge in [-0.15, -0.1) is 10.2 Å². The molecule has 0 bridgehead atoms. The number of imidazole rings is 1. The Kier molecular flexibility index (Phi) is 7.67. The number of methoxy groups -OCH3 is 1. The van der Waals surface area contributed by atoms with E-state index in [1.165, 1.54) is 17.9 Å². The number of carbonyl (C=O) groups excluding carboxylic acids is 1. The third-order valence-corrected chi connectivity index (χ3v) is 6.71. The lowest BCUT2D eigenvalue weighted by Crippen LogP contribution is -2.28. The summed E-state index contributed by atoms with van der Waals surface area (Å²) in [6.07, 6.45) is 7.63. The monoisotopic (exact) mass is 541 g/mol. The summed E-state index contributed by atoms with van der Waals surface area (Å²) >= 11 is 0. The Morgan fingerprint density at radius 2 is 1.90 bits per heavy atom. The van der Waals surface area contributed by atoms with Crippen molar-refractivity contribution in [1.82, 2.24) is 44.5 Å². The third-order valence-electron chi connectivity index (χ3n) is 6.71. The van der Waals surface area contributed by atoms with Crippen LogP contribution in [0, 0.1) is 0 Å². The van der Waals surface area contributed by atoms with Gasteiger partial charge >= 0.3 is 11.7 Å². The molecule has 0 aliphatic rings. The van der Waals surface area contributed by atoms with Crippen molar-refractivity contribution >= 4 is 5.97 Å². The van der Waals surface area contributed by atoms with Gasteiger partial charge in [-0.2, -0.15) is 10.3 Å². The van der Waals surface area contributed by atoms with Crippen molar-refractivity contribution in [3.8, 4) is 28.3 Å². The number of aryl methyl sites for hydroxylation is 1. The Labute approximate surface area is 230 Å². The van der Waals surface area contributed by atoms with Crippen molar-refractivity contribution in [2.24, 2.45) is 0 Å². The molecule has 40 heavy (non-hydrogen) atoms. The molecule has 0 fully saturated rings. The second kappa shape index (κ2) is 11.5. The number of benzene rings is 1. The van der Waals surface area contributed by atoms with Crippen molar-refractivity contribution in [3.63, 3.8) is 0 Å². The predicted molar refractivity (Wildman–Crippen MR) is 148 cm³/mol. The van der Waals surface area contributed by atoms with Gasteiger partial charge in [-0.05, 0) is 43.5 Å². The van der Waals surface area contributed by atoms with E-state index in [0.717, 1.165) is 40.9 Å². The van der Waals surface area contributed by atoms with Gasteiger partial charge in [0.05, 0.1) is 25.5 Å². The van der Waals surface area contributed by atoms with Gasteiger partial charge in [-0.1, -0.05) is 43.7 Å². The van der Waals surface area contributed by atoms with Crippen molar-refractivity contribution in [3.05, 3.63) is 82.4 Å². The SMILES string of the molecule is CCCCc1cn(-c2c(C(=O)OC)cnn2C(C)C)c(=O)n1Cc1ccc(-c2ccccc2-c2nn[nH]n2)cn1. The minimum absolute atomic E-state index is 0.0766. The number of aromatic nitrogens is 9. The zero-order chi connectivity index (χ0) is 28.2. The Morgan fingerprint density at radius 1 is 1.10 bits per heavy atom. The second-order valence-electron chi connectivity index (χ2n) is 9.69. The van der Waals surface area contributed by atoms with Crippen LogP contribution in [0.5, 0.6) is 0 Å². The summed E-state index contributed by atoms with van der Waals surface area (Å²) in [7, 11) is 1.31. The molecule has 4 heterocycles. The maximum atomic E-state index is 13.8. The molecule has 0 spiro atoms. The number of rotatable bonds is 10. The molecule has 206 valence electrons. The molecular formula is C28H31N9O3. The average molecular weight is 542 g/mol. The van der Waals surface area contributed by atoms with E-state index in [0.29, 0.717) is 18.1 Å². The lowest BCUT2D eigenvalue weighted by molar-refractivity contribution is 0.0600. The van der Waals surface area contributed by atoms with Crippen LogP contribution in [0.3, 0.4) is 0 Å². The smallest absolute Gasteiger partial charge is 0.343 e. The van der Waals surface area contributed by atoms with E-state index in [1.54, 1.807) is 21.6 Å². The van der Waals surface area contributed by atoms with Gasteiger partial charge in [-0.3, -0.25) is 14.1 Å². The molecule has 0 saturated carbocycles. The number of ether oxygens (including phenoxy) is 1. The quantitative estimate of drug-likeness (QED) is 0.263. The molecule has 0 aliphatic heterocycles. The first-order valence-corrected chi connectivity index (χ1v) is 13.2. The maximum Gasteiger partial charge on any atom is 0.343 e. The number of nitrogens with one attached hydrogen (secondary N) is 1. The molecule has 1 aromatic carbocycles. The summed E-state index contributed by atoms with van der Waals surface area (Å²) in [6.45, 7) is 6.27. The topological polar surface area (TPSA) is 138 Å². The number of esters is 1.